The normalized spacial score (nSPS) is 14.2. The van der Waals surface area contributed by atoms with Gasteiger partial charge in [0.15, 0.2) is 0 Å². The molecule has 0 aromatic heterocycles. The maximum atomic E-state index is 12.3. The van der Waals surface area contributed by atoms with Gasteiger partial charge in [0.1, 0.15) is 0 Å². The molecule has 25 heavy (non-hydrogen) atoms. The Balaban J connectivity index is 1.95. The number of hydrogen-bond donors (Lipinski definition) is 1. The van der Waals surface area contributed by atoms with Crippen LogP contribution in [0.25, 0.3) is 0 Å². The van der Waals surface area contributed by atoms with Crippen molar-refractivity contribution in [2.75, 3.05) is 18.5 Å². The highest BCUT2D eigenvalue weighted by atomic mass is 16.5. The van der Waals surface area contributed by atoms with Gasteiger partial charge in [-0.3, -0.25) is 9.59 Å². The monoisotopic (exact) mass is 346 g/mol. The van der Waals surface area contributed by atoms with Crippen molar-refractivity contribution in [3.8, 4) is 0 Å². The van der Waals surface area contributed by atoms with E-state index >= 15 is 0 Å². The molecular formula is C19H26N2O4. The number of anilines is 1. The summed E-state index contributed by atoms with van der Waals surface area (Å²) >= 11 is 0. The summed E-state index contributed by atoms with van der Waals surface area (Å²) in [4.78, 5) is 37.9. The highest BCUT2D eigenvalue weighted by Gasteiger charge is 2.25. The van der Waals surface area contributed by atoms with Gasteiger partial charge in [0.05, 0.1) is 17.9 Å². The van der Waals surface area contributed by atoms with E-state index in [1.165, 1.54) is 0 Å². The standard InChI is InChI=1S/C19H26N2O4/c1-3-25-19(24)16-10-6-7-11-17(16)20-18(23)12-13-21(14(2)22)15-8-4-5-9-15/h6-7,10-11,15H,3-5,8-9,12-13H2,1-2H3,(H,20,23). The molecule has 1 aromatic rings. The van der Waals surface area contributed by atoms with Crippen molar-refractivity contribution in [3.05, 3.63) is 29.8 Å². The van der Waals surface area contributed by atoms with Crippen molar-refractivity contribution >= 4 is 23.5 Å². The second kappa shape index (κ2) is 9.20. The van der Waals surface area contributed by atoms with Crippen molar-refractivity contribution in [1.82, 2.24) is 4.90 Å². The Morgan fingerprint density at radius 3 is 2.52 bits per heavy atom. The summed E-state index contributed by atoms with van der Waals surface area (Å²) < 4.78 is 5.00. The number of rotatable bonds is 7. The third-order valence-electron chi connectivity index (χ3n) is 4.45. The van der Waals surface area contributed by atoms with Crippen molar-refractivity contribution in [2.24, 2.45) is 0 Å². The molecule has 1 saturated carbocycles. The molecule has 1 aliphatic carbocycles. The number of hydrogen-bond acceptors (Lipinski definition) is 4. The number of carbonyl (C=O) groups is 3. The van der Waals surface area contributed by atoms with Crippen LogP contribution in [0.15, 0.2) is 24.3 Å². The second-order valence-electron chi connectivity index (χ2n) is 6.21. The summed E-state index contributed by atoms with van der Waals surface area (Å²) in [6.45, 7) is 3.95. The molecular weight excluding hydrogens is 320 g/mol. The van der Waals surface area contributed by atoms with Crippen LogP contribution in [0.4, 0.5) is 5.69 Å². The van der Waals surface area contributed by atoms with Crippen molar-refractivity contribution in [2.45, 2.75) is 52.0 Å². The van der Waals surface area contributed by atoms with Crippen LogP contribution in [0, 0.1) is 0 Å². The topological polar surface area (TPSA) is 75.7 Å². The summed E-state index contributed by atoms with van der Waals surface area (Å²) in [5.74, 6) is -0.678. The summed E-state index contributed by atoms with van der Waals surface area (Å²) in [6, 6.07) is 7.01. The molecule has 2 rings (SSSR count). The Labute approximate surface area is 148 Å². The van der Waals surface area contributed by atoms with Crippen LogP contribution in [-0.2, 0) is 14.3 Å². The van der Waals surface area contributed by atoms with Gasteiger partial charge in [-0.25, -0.2) is 4.79 Å². The molecule has 1 aliphatic rings. The molecule has 0 atom stereocenters. The van der Waals surface area contributed by atoms with Crippen LogP contribution < -0.4 is 5.32 Å². The van der Waals surface area contributed by atoms with E-state index in [1.807, 2.05) is 0 Å². The highest BCUT2D eigenvalue weighted by molar-refractivity contribution is 6.01. The minimum Gasteiger partial charge on any atom is -0.462 e. The maximum absolute atomic E-state index is 12.3. The van der Waals surface area contributed by atoms with Crippen molar-refractivity contribution < 1.29 is 19.1 Å². The fourth-order valence-corrected chi connectivity index (χ4v) is 3.23. The molecule has 0 saturated heterocycles. The largest absolute Gasteiger partial charge is 0.462 e. The van der Waals surface area contributed by atoms with Gasteiger partial charge in [0.2, 0.25) is 11.8 Å². The number of nitrogens with one attached hydrogen (secondary N) is 1. The van der Waals surface area contributed by atoms with E-state index in [2.05, 4.69) is 5.32 Å². The van der Waals surface area contributed by atoms with Crippen LogP contribution in [0.2, 0.25) is 0 Å². The minimum atomic E-state index is -0.463. The molecule has 6 nitrogen and oxygen atoms in total. The predicted molar refractivity (Wildman–Crippen MR) is 95.3 cm³/mol. The lowest BCUT2D eigenvalue weighted by atomic mass is 10.1. The third-order valence-corrected chi connectivity index (χ3v) is 4.45. The first-order chi connectivity index (χ1) is 12.0. The van der Waals surface area contributed by atoms with E-state index in [0.29, 0.717) is 17.8 Å². The van der Waals surface area contributed by atoms with Crippen LogP contribution in [0.1, 0.15) is 56.3 Å². The number of ether oxygens (including phenoxy) is 1. The lowest BCUT2D eigenvalue weighted by Gasteiger charge is -2.27. The minimum absolute atomic E-state index is 0.00613. The average molecular weight is 346 g/mol. The molecule has 1 aromatic carbocycles. The summed E-state index contributed by atoms with van der Waals surface area (Å²) in [5, 5.41) is 2.76. The number of amides is 2. The molecule has 0 heterocycles. The lowest BCUT2D eigenvalue weighted by molar-refractivity contribution is -0.131. The number of nitrogens with zero attached hydrogens (tertiary/aromatic N) is 1. The fraction of sp³-hybridized carbons (Fsp3) is 0.526. The zero-order valence-electron chi connectivity index (χ0n) is 14.9. The zero-order chi connectivity index (χ0) is 18.2. The molecule has 0 unspecified atom stereocenters. The quantitative estimate of drug-likeness (QED) is 0.770. The summed E-state index contributed by atoms with van der Waals surface area (Å²) in [6.07, 6.45) is 4.48. The van der Waals surface area contributed by atoms with E-state index in [-0.39, 0.29) is 30.9 Å². The molecule has 1 fully saturated rings. The van der Waals surface area contributed by atoms with E-state index in [9.17, 15) is 14.4 Å². The van der Waals surface area contributed by atoms with Crippen LogP contribution in [0.5, 0.6) is 0 Å². The number of para-hydroxylation sites is 1. The van der Waals surface area contributed by atoms with E-state index in [4.69, 9.17) is 4.74 Å². The van der Waals surface area contributed by atoms with Gasteiger partial charge >= 0.3 is 5.97 Å². The van der Waals surface area contributed by atoms with Crippen molar-refractivity contribution in [3.63, 3.8) is 0 Å². The molecule has 1 N–H and O–H groups in total. The second-order valence-corrected chi connectivity index (χ2v) is 6.21. The SMILES string of the molecule is CCOC(=O)c1ccccc1NC(=O)CCN(C(C)=O)C1CCCC1. The lowest BCUT2D eigenvalue weighted by Crippen LogP contribution is -2.39. The number of esters is 1. The summed E-state index contributed by atoms with van der Waals surface area (Å²) in [7, 11) is 0. The smallest absolute Gasteiger partial charge is 0.340 e. The van der Waals surface area contributed by atoms with Gasteiger partial charge in [-0.15, -0.1) is 0 Å². The summed E-state index contributed by atoms with van der Waals surface area (Å²) in [5.41, 5.74) is 0.762. The molecule has 6 heteroatoms. The van der Waals surface area contributed by atoms with E-state index < -0.39 is 5.97 Å². The number of carbonyl (C=O) groups excluding carboxylic acids is 3. The molecule has 0 aliphatic heterocycles. The molecule has 0 radical (unpaired) electrons. The van der Waals surface area contributed by atoms with Crippen molar-refractivity contribution in [1.29, 1.82) is 0 Å². The Morgan fingerprint density at radius 2 is 1.88 bits per heavy atom. The third kappa shape index (κ3) is 5.31. The maximum Gasteiger partial charge on any atom is 0.340 e. The molecule has 136 valence electrons. The van der Waals surface area contributed by atoms with Crippen LogP contribution in [-0.4, -0.2) is 41.9 Å². The van der Waals surface area contributed by atoms with Crippen LogP contribution >= 0.6 is 0 Å². The van der Waals surface area contributed by atoms with Gasteiger partial charge < -0.3 is 15.0 Å². The Morgan fingerprint density at radius 1 is 1.20 bits per heavy atom. The first-order valence-electron chi connectivity index (χ1n) is 8.86. The predicted octanol–water partition coefficient (Wildman–Crippen LogP) is 2.98. The first kappa shape index (κ1) is 19.0. The van der Waals surface area contributed by atoms with Gasteiger partial charge in [-0.2, -0.15) is 0 Å². The first-order valence-corrected chi connectivity index (χ1v) is 8.86. The molecule has 0 bridgehead atoms. The van der Waals surface area contributed by atoms with Gasteiger partial charge in [0.25, 0.3) is 0 Å². The highest BCUT2D eigenvalue weighted by Crippen LogP contribution is 2.24. The number of benzene rings is 1. The van der Waals surface area contributed by atoms with E-state index in [0.717, 1.165) is 25.7 Å². The van der Waals surface area contributed by atoms with Crippen LogP contribution in [0.3, 0.4) is 0 Å². The molecule has 2 amide bonds. The Kier molecular flexibility index (Phi) is 6.98. The average Bonchev–Trinajstić information content (AvgIpc) is 3.09. The van der Waals surface area contributed by atoms with Gasteiger partial charge in [-0.05, 0) is 31.9 Å². The fourth-order valence-electron chi connectivity index (χ4n) is 3.23. The van der Waals surface area contributed by atoms with Gasteiger partial charge in [0, 0.05) is 25.9 Å². The van der Waals surface area contributed by atoms with E-state index in [1.54, 1.807) is 43.0 Å². The Bertz CT molecular complexity index is 624. The zero-order valence-corrected chi connectivity index (χ0v) is 14.9. The Hall–Kier alpha value is -2.37. The van der Waals surface area contributed by atoms with Gasteiger partial charge in [-0.1, -0.05) is 25.0 Å². The molecule has 0 spiro atoms.